The molecule has 0 heterocycles. The van der Waals surface area contributed by atoms with E-state index in [2.05, 4.69) is 400 Å². The van der Waals surface area contributed by atoms with Crippen LogP contribution in [0, 0.1) is 0 Å². The van der Waals surface area contributed by atoms with Gasteiger partial charge < -0.3 is 0 Å². The molecule has 14 aromatic rings. The SMILES string of the molecule is c1ccc([Si](c2ccccc2)(c2ccccc2)c2ccc([Si](c3ccccc3)(c3ccccc3)c3ccc(-c4cccc([Si](c5ccccc5)(c5ccccc5)c5cccc([Si](c6ccccc6)(c6ccccc6)c6ccccc6)c5)c4)cc3)cc2)cc1. The van der Waals surface area contributed by atoms with Gasteiger partial charge >= 0.3 is 0 Å². The maximum atomic E-state index is 2.63. The van der Waals surface area contributed by atoms with Crippen LogP contribution in [0.25, 0.3) is 11.1 Å². The second kappa shape index (κ2) is 24.7. The molecule has 0 aliphatic heterocycles. The van der Waals surface area contributed by atoms with E-state index in [0.29, 0.717) is 0 Å². The van der Waals surface area contributed by atoms with Crippen molar-refractivity contribution in [3.63, 3.8) is 0 Å². The summed E-state index contributed by atoms with van der Waals surface area (Å²) in [7, 11) is -11.8. The van der Waals surface area contributed by atoms with Crippen molar-refractivity contribution < 1.29 is 0 Å². The van der Waals surface area contributed by atoms with Gasteiger partial charge in [0.2, 0.25) is 0 Å². The fourth-order valence-corrected chi connectivity index (χ4v) is 33.9. The highest BCUT2D eigenvalue weighted by molar-refractivity contribution is 7.23. The molecule has 0 aliphatic rings. The Hall–Kier alpha value is -10.1. The Morgan fingerprint density at radius 3 is 0.500 bits per heavy atom. The number of benzene rings is 14. The van der Waals surface area contributed by atoms with Crippen molar-refractivity contribution in [1.29, 1.82) is 0 Å². The van der Waals surface area contributed by atoms with Crippen molar-refractivity contribution in [3.05, 3.63) is 400 Å². The first kappa shape index (κ1) is 55.8. The van der Waals surface area contributed by atoms with Crippen LogP contribution in [0.5, 0.6) is 0 Å². The lowest BCUT2D eigenvalue weighted by Gasteiger charge is -2.38. The highest BCUT2D eigenvalue weighted by atomic mass is 28.3. The van der Waals surface area contributed by atoms with Crippen molar-refractivity contribution in [2.45, 2.75) is 0 Å². The van der Waals surface area contributed by atoms with Gasteiger partial charge in [0.1, 0.15) is 0 Å². The zero-order valence-electron chi connectivity index (χ0n) is 49.1. The van der Waals surface area contributed by atoms with E-state index in [1.807, 2.05) is 0 Å². The molecule has 0 spiro atoms. The van der Waals surface area contributed by atoms with Crippen LogP contribution >= 0.6 is 0 Å². The maximum Gasteiger partial charge on any atom is 0.179 e. The van der Waals surface area contributed by atoms with Gasteiger partial charge in [-0.25, -0.2) is 0 Å². The fourth-order valence-electron chi connectivity index (χ4n) is 14.7. The van der Waals surface area contributed by atoms with Gasteiger partial charge in [-0.1, -0.05) is 400 Å². The minimum absolute atomic E-state index is 1.19. The molecule has 4 heteroatoms. The molecule has 0 aromatic heterocycles. The van der Waals surface area contributed by atoms with Gasteiger partial charge in [-0.05, 0) is 94.1 Å². The molecule has 418 valence electrons. The van der Waals surface area contributed by atoms with Gasteiger partial charge in [0.25, 0.3) is 0 Å². The summed E-state index contributed by atoms with van der Waals surface area (Å²) >= 11 is 0. The summed E-state index contributed by atoms with van der Waals surface area (Å²) in [6.45, 7) is 0. The van der Waals surface area contributed by atoms with Crippen molar-refractivity contribution in [3.8, 4) is 11.1 Å². The van der Waals surface area contributed by atoms with Crippen LogP contribution in [-0.4, -0.2) is 32.3 Å². The Balaban J connectivity index is 0.945. The number of hydrogen-bond acceptors (Lipinski definition) is 0. The summed E-state index contributed by atoms with van der Waals surface area (Å²) in [5, 5.41) is 21.7. The van der Waals surface area contributed by atoms with E-state index in [1.54, 1.807) is 0 Å². The molecule has 0 saturated heterocycles. The van der Waals surface area contributed by atoms with Gasteiger partial charge in [0.05, 0.1) is 0 Å². The lowest BCUT2D eigenvalue weighted by atomic mass is 10.1. The Morgan fingerprint density at radius 1 is 0.102 bits per heavy atom. The normalized spacial score (nSPS) is 11.9. The van der Waals surface area contributed by atoms with Crippen LogP contribution in [0.1, 0.15) is 0 Å². The molecule has 0 aliphatic carbocycles. The summed E-state index contributed by atoms with van der Waals surface area (Å²) < 4.78 is 0. The zero-order valence-corrected chi connectivity index (χ0v) is 53.1. The zero-order chi connectivity index (χ0) is 59.1. The first-order valence-electron chi connectivity index (χ1n) is 30.6. The van der Waals surface area contributed by atoms with Crippen molar-refractivity contribution in [2.24, 2.45) is 0 Å². The van der Waals surface area contributed by atoms with E-state index in [0.717, 1.165) is 0 Å². The Kier molecular flexibility index (Phi) is 15.7. The molecule has 0 unspecified atom stereocenters. The average Bonchev–Trinajstić information content (AvgIpc) is 1.88. The number of rotatable bonds is 17. The molecule has 88 heavy (non-hydrogen) atoms. The van der Waals surface area contributed by atoms with Gasteiger partial charge in [0.15, 0.2) is 32.3 Å². The van der Waals surface area contributed by atoms with Crippen molar-refractivity contribution >= 4 is 115 Å². The predicted molar refractivity (Wildman–Crippen MR) is 386 cm³/mol. The predicted octanol–water partition coefficient (Wildman–Crippen LogP) is 8.86. The first-order valence-corrected chi connectivity index (χ1v) is 38.6. The minimum atomic E-state index is -3.10. The maximum absolute atomic E-state index is 3.10. The van der Waals surface area contributed by atoms with E-state index in [4.69, 9.17) is 0 Å². The molecule has 14 rings (SSSR count). The van der Waals surface area contributed by atoms with Crippen LogP contribution in [0.4, 0.5) is 0 Å². The first-order chi connectivity index (χ1) is 43.6. The van der Waals surface area contributed by atoms with Crippen LogP contribution in [0.2, 0.25) is 0 Å². The topological polar surface area (TPSA) is 0 Å². The van der Waals surface area contributed by atoms with Crippen molar-refractivity contribution in [1.82, 2.24) is 0 Å². The summed E-state index contributed by atoms with van der Waals surface area (Å²) in [6.07, 6.45) is 0. The second-order valence-corrected chi connectivity index (χ2v) is 38.2. The third kappa shape index (κ3) is 9.68. The third-order valence-electron chi connectivity index (χ3n) is 18.5. The quantitative estimate of drug-likeness (QED) is 0.0632. The molecule has 14 aromatic carbocycles. The van der Waals surface area contributed by atoms with Crippen molar-refractivity contribution in [2.75, 3.05) is 0 Å². The summed E-state index contributed by atoms with van der Waals surface area (Å²) in [5.41, 5.74) is 2.39. The average molecular weight is 1190 g/mol. The van der Waals surface area contributed by atoms with Crippen LogP contribution in [0.15, 0.2) is 400 Å². The molecule has 0 radical (unpaired) electrons. The molecule has 0 saturated carbocycles. The second-order valence-electron chi connectivity index (χ2n) is 23.0. The van der Waals surface area contributed by atoms with E-state index >= 15 is 0 Å². The van der Waals surface area contributed by atoms with Gasteiger partial charge in [-0.15, -0.1) is 0 Å². The smallest absolute Gasteiger partial charge is 0.0624 e. The Bertz CT molecular complexity index is 4270. The molecule has 0 atom stereocenters. The lowest BCUT2D eigenvalue weighted by Crippen LogP contribution is -2.77. The molecule has 0 amide bonds. The minimum Gasteiger partial charge on any atom is -0.0624 e. The molecular weight excluding hydrogens is 1120 g/mol. The van der Waals surface area contributed by atoms with Crippen LogP contribution in [0.3, 0.4) is 0 Å². The largest absolute Gasteiger partial charge is 0.179 e. The molecule has 0 bridgehead atoms. The summed E-state index contributed by atoms with van der Waals surface area (Å²) in [4.78, 5) is 0. The van der Waals surface area contributed by atoms with Crippen LogP contribution in [-0.2, 0) is 0 Å². The molecule has 0 N–H and O–H groups in total. The van der Waals surface area contributed by atoms with E-state index in [9.17, 15) is 0 Å². The fraction of sp³-hybridized carbons (Fsp3) is 0. The molecule has 0 nitrogen and oxygen atoms in total. The summed E-state index contributed by atoms with van der Waals surface area (Å²) in [5.74, 6) is 0. The highest BCUT2D eigenvalue weighted by Gasteiger charge is 2.47. The van der Waals surface area contributed by atoms with E-state index in [1.165, 1.54) is 94.1 Å². The third-order valence-corrected chi connectivity index (χ3v) is 37.6. The van der Waals surface area contributed by atoms with E-state index < -0.39 is 32.3 Å². The molecular formula is C84H66Si4. The van der Waals surface area contributed by atoms with Gasteiger partial charge in [-0.3, -0.25) is 0 Å². The molecule has 0 fully saturated rings. The van der Waals surface area contributed by atoms with Gasteiger partial charge in [-0.2, -0.15) is 0 Å². The summed E-state index contributed by atoms with van der Waals surface area (Å²) in [6, 6.07) is 152. The standard InChI is InChI=1S/C84H66Si4/c1-11-34-69(35-12-1)85(70-36-13-2-14-37-70,71-38-15-3-16-39-71)80-61-63-81(64-62-80)86(72-40-17-4-18-41-72,73-42-19-5-20-43-73)79-59-57-67(58-60-79)68-33-31-54-82(65-68)88(77-50-27-9-28-51-77,78-52-29-10-30-53-78)84-56-32-55-83(66-84)87(74-44-21-6-22-45-74,75-46-23-7-24-47-75)76-48-25-8-26-49-76/h1-66H. The number of hydrogen-bond donors (Lipinski definition) is 0. The Labute approximate surface area is 523 Å². The van der Waals surface area contributed by atoms with E-state index in [-0.39, 0.29) is 0 Å². The Morgan fingerprint density at radius 2 is 0.261 bits per heavy atom. The monoisotopic (exact) mass is 1190 g/mol. The van der Waals surface area contributed by atoms with Gasteiger partial charge in [0, 0.05) is 0 Å². The lowest BCUT2D eigenvalue weighted by molar-refractivity contribution is 1.62. The highest BCUT2D eigenvalue weighted by Crippen LogP contribution is 2.22. The van der Waals surface area contributed by atoms with Crippen LogP contribution < -0.4 is 83.0 Å².